The van der Waals surface area contributed by atoms with Crippen LogP contribution >= 0.6 is 31.9 Å². The minimum absolute atomic E-state index is 0.678. The monoisotopic (exact) mass is 412 g/mol. The number of rotatable bonds is 3. The number of ether oxygens (including phenoxy) is 2. The molecule has 0 fully saturated rings. The van der Waals surface area contributed by atoms with Gasteiger partial charge in [0.2, 0.25) is 0 Å². The Hall–Kier alpha value is -1.27. The first-order valence-corrected chi connectivity index (χ1v) is 8.11. The van der Waals surface area contributed by atoms with Crippen LogP contribution in [0.4, 0.5) is 5.69 Å². The van der Waals surface area contributed by atoms with Crippen LogP contribution in [0.3, 0.4) is 0 Å². The molecule has 6 heteroatoms. The number of anilines is 1. The second-order valence-electron chi connectivity index (χ2n) is 4.71. The van der Waals surface area contributed by atoms with E-state index in [9.17, 15) is 0 Å². The van der Waals surface area contributed by atoms with Crippen molar-refractivity contribution in [2.75, 3.05) is 25.2 Å². The van der Waals surface area contributed by atoms with E-state index in [0.29, 0.717) is 6.61 Å². The van der Waals surface area contributed by atoms with Crippen molar-refractivity contribution in [3.63, 3.8) is 0 Å². The van der Waals surface area contributed by atoms with Gasteiger partial charge in [-0.25, -0.2) is 0 Å². The highest BCUT2D eigenvalue weighted by Gasteiger charge is 2.19. The van der Waals surface area contributed by atoms with Crippen molar-refractivity contribution in [3.8, 4) is 11.5 Å². The number of benzene rings is 1. The Morgan fingerprint density at radius 2 is 2.10 bits per heavy atom. The Bertz CT molecular complexity index is 641. The number of pyridine rings is 1. The normalized spacial score (nSPS) is 13.6. The average Bonchev–Trinajstić information content (AvgIpc) is 2.47. The van der Waals surface area contributed by atoms with Crippen molar-refractivity contribution in [1.29, 1.82) is 0 Å². The van der Waals surface area contributed by atoms with Crippen LogP contribution in [0.2, 0.25) is 0 Å². The highest BCUT2D eigenvalue weighted by molar-refractivity contribution is 9.11. The molecule has 110 valence electrons. The molecule has 4 nitrogen and oxygen atoms in total. The third-order valence-electron chi connectivity index (χ3n) is 3.36. The zero-order valence-electron chi connectivity index (χ0n) is 11.5. The molecule has 0 amide bonds. The van der Waals surface area contributed by atoms with E-state index in [-0.39, 0.29) is 0 Å². The number of nitrogens with zero attached hydrogens (tertiary/aromatic N) is 2. The van der Waals surface area contributed by atoms with E-state index >= 15 is 0 Å². The molecular formula is C15H14Br2N2O2. The molecule has 0 unspecified atom stereocenters. The maximum atomic E-state index is 5.63. The van der Waals surface area contributed by atoms with Gasteiger partial charge < -0.3 is 14.4 Å². The third-order valence-corrected chi connectivity index (χ3v) is 4.54. The van der Waals surface area contributed by atoms with Crippen molar-refractivity contribution >= 4 is 37.5 Å². The van der Waals surface area contributed by atoms with Crippen molar-refractivity contribution in [2.45, 2.75) is 6.54 Å². The molecular weight excluding hydrogens is 400 g/mol. The second kappa shape index (κ2) is 6.23. The van der Waals surface area contributed by atoms with E-state index in [1.54, 1.807) is 19.5 Å². The van der Waals surface area contributed by atoms with E-state index in [4.69, 9.17) is 9.47 Å². The van der Waals surface area contributed by atoms with Crippen LogP contribution in [0.25, 0.3) is 0 Å². The Morgan fingerprint density at radius 3 is 2.81 bits per heavy atom. The lowest BCUT2D eigenvalue weighted by molar-refractivity contribution is 0.305. The van der Waals surface area contributed by atoms with E-state index in [0.717, 1.165) is 39.2 Å². The lowest BCUT2D eigenvalue weighted by Crippen LogP contribution is -2.32. The summed E-state index contributed by atoms with van der Waals surface area (Å²) in [4.78, 5) is 6.40. The predicted molar refractivity (Wildman–Crippen MR) is 89.2 cm³/mol. The maximum Gasteiger partial charge on any atom is 0.160 e. The first-order valence-electron chi connectivity index (χ1n) is 6.52. The molecule has 1 aromatic heterocycles. The predicted octanol–water partition coefficient (Wildman–Crippen LogP) is 4.01. The minimum atomic E-state index is 0.678. The van der Waals surface area contributed by atoms with Gasteiger partial charge in [0.25, 0.3) is 0 Å². The molecule has 0 saturated carbocycles. The lowest BCUT2D eigenvalue weighted by Gasteiger charge is -2.31. The number of halogens is 2. The summed E-state index contributed by atoms with van der Waals surface area (Å²) in [7, 11) is 1.66. The number of hydrogen-bond acceptors (Lipinski definition) is 4. The summed E-state index contributed by atoms with van der Waals surface area (Å²) in [5.74, 6) is 1.65. The zero-order valence-corrected chi connectivity index (χ0v) is 14.6. The summed E-state index contributed by atoms with van der Waals surface area (Å²) in [6.07, 6.45) is 3.56. The molecule has 0 aliphatic carbocycles. The van der Waals surface area contributed by atoms with E-state index in [1.165, 1.54) is 5.56 Å². The Labute approximate surface area is 140 Å². The number of fused-ring (bicyclic) bond motifs is 1. The van der Waals surface area contributed by atoms with E-state index in [1.807, 2.05) is 6.07 Å². The fourth-order valence-corrected chi connectivity index (χ4v) is 4.02. The van der Waals surface area contributed by atoms with Crippen molar-refractivity contribution in [1.82, 2.24) is 4.98 Å². The molecule has 0 bridgehead atoms. The molecule has 0 spiro atoms. The molecule has 1 aliphatic rings. The lowest BCUT2D eigenvalue weighted by atomic mass is 10.2. The van der Waals surface area contributed by atoms with Gasteiger partial charge in [0.05, 0.1) is 34.5 Å². The molecule has 0 saturated heterocycles. The smallest absolute Gasteiger partial charge is 0.160 e. The SMILES string of the molecule is COc1c(Br)cc(CN2CCOc3cnccc32)cc1Br. The van der Waals surface area contributed by atoms with Crippen LogP contribution in [-0.4, -0.2) is 25.2 Å². The number of methoxy groups -OCH3 is 1. The zero-order chi connectivity index (χ0) is 14.8. The summed E-state index contributed by atoms with van der Waals surface area (Å²) in [6.45, 7) is 2.34. The van der Waals surface area contributed by atoms with Gasteiger partial charge in [-0.1, -0.05) is 0 Å². The molecule has 2 aromatic rings. The maximum absolute atomic E-state index is 5.63. The highest BCUT2D eigenvalue weighted by Crippen LogP contribution is 2.36. The minimum Gasteiger partial charge on any atom is -0.494 e. The molecule has 2 heterocycles. The Morgan fingerprint density at radius 1 is 1.33 bits per heavy atom. The van der Waals surface area contributed by atoms with Gasteiger partial charge >= 0.3 is 0 Å². The fourth-order valence-electron chi connectivity index (χ4n) is 2.41. The van der Waals surface area contributed by atoms with Crippen molar-refractivity contribution in [2.24, 2.45) is 0 Å². The van der Waals surface area contributed by atoms with Crippen LogP contribution in [0.1, 0.15) is 5.56 Å². The molecule has 3 rings (SSSR count). The van der Waals surface area contributed by atoms with Gasteiger partial charge in [-0.05, 0) is 55.6 Å². The summed E-state index contributed by atoms with van der Waals surface area (Å²) >= 11 is 7.09. The number of aromatic nitrogens is 1. The molecule has 1 aliphatic heterocycles. The van der Waals surface area contributed by atoms with Crippen LogP contribution < -0.4 is 14.4 Å². The highest BCUT2D eigenvalue weighted by atomic mass is 79.9. The summed E-state index contributed by atoms with van der Waals surface area (Å²) in [6, 6.07) is 6.15. The summed E-state index contributed by atoms with van der Waals surface area (Å²) < 4.78 is 12.9. The van der Waals surface area contributed by atoms with Crippen LogP contribution in [0.15, 0.2) is 39.5 Å². The average molecular weight is 414 g/mol. The molecule has 0 N–H and O–H groups in total. The van der Waals surface area contributed by atoms with Crippen LogP contribution in [-0.2, 0) is 6.54 Å². The second-order valence-corrected chi connectivity index (χ2v) is 6.41. The van der Waals surface area contributed by atoms with Gasteiger partial charge in [-0.2, -0.15) is 0 Å². The molecule has 0 radical (unpaired) electrons. The largest absolute Gasteiger partial charge is 0.494 e. The Kier molecular flexibility index (Phi) is 4.35. The summed E-state index contributed by atoms with van der Waals surface area (Å²) in [5.41, 5.74) is 2.28. The Balaban J connectivity index is 1.88. The van der Waals surface area contributed by atoms with Gasteiger partial charge in [0.15, 0.2) is 5.75 Å². The third kappa shape index (κ3) is 3.01. The van der Waals surface area contributed by atoms with Crippen LogP contribution in [0.5, 0.6) is 11.5 Å². The molecule has 1 aromatic carbocycles. The summed E-state index contributed by atoms with van der Waals surface area (Å²) in [5, 5.41) is 0. The quantitative estimate of drug-likeness (QED) is 0.761. The topological polar surface area (TPSA) is 34.6 Å². The molecule has 0 atom stereocenters. The van der Waals surface area contributed by atoms with Crippen molar-refractivity contribution < 1.29 is 9.47 Å². The van der Waals surface area contributed by atoms with Gasteiger partial charge in [-0.3, -0.25) is 4.98 Å². The van der Waals surface area contributed by atoms with Crippen molar-refractivity contribution in [3.05, 3.63) is 45.1 Å². The first kappa shape index (κ1) is 14.7. The van der Waals surface area contributed by atoms with E-state index in [2.05, 4.69) is 53.9 Å². The van der Waals surface area contributed by atoms with E-state index < -0.39 is 0 Å². The van der Waals surface area contributed by atoms with Gasteiger partial charge in [0.1, 0.15) is 12.4 Å². The van der Waals surface area contributed by atoms with Gasteiger partial charge in [-0.15, -0.1) is 0 Å². The van der Waals surface area contributed by atoms with Crippen LogP contribution in [0, 0.1) is 0 Å². The molecule has 21 heavy (non-hydrogen) atoms. The number of hydrogen-bond donors (Lipinski definition) is 0. The first-order chi connectivity index (χ1) is 10.2. The van der Waals surface area contributed by atoms with Gasteiger partial charge in [0, 0.05) is 12.7 Å². The standard InChI is InChI=1S/C15H14Br2N2O2/c1-20-15-11(16)6-10(7-12(15)17)9-19-4-5-21-14-8-18-3-2-13(14)19/h2-3,6-8H,4-5,9H2,1H3. The fraction of sp³-hybridized carbons (Fsp3) is 0.267.